The number of nitrogens with one attached hydrogen (secondary N) is 2. The van der Waals surface area contributed by atoms with Gasteiger partial charge in [0.15, 0.2) is 0 Å². The van der Waals surface area contributed by atoms with Crippen molar-refractivity contribution in [2.24, 2.45) is 11.1 Å². The van der Waals surface area contributed by atoms with E-state index >= 15 is 0 Å². The van der Waals surface area contributed by atoms with Crippen molar-refractivity contribution in [3.63, 3.8) is 0 Å². The first-order chi connectivity index (χ1) is 12.7. The van der Waals surface area contributed by atoms with Gasteiger partial charge >= 0.3 is 0 Å². The van der Waals surface area contributed by atoms with Crippen LogP contribution < -0.4 is 11.1 Å². The number of ether oxygens (including phenoxy) is 1. The van der Waals surface area contributed by atoms with Crippen LogP contribution in [0.4, 0.5) is 5.69 Å². The average Bonchev–Trinajstić information content (AvgIpc) is 2.60. The van der Waals surface area contributed by atoms with Gasteiger partial charge in [0.2, 0.25) is 0 Å². The summed E-state index contributed by atoms with van der Waals surface area (Å²) in [4.78, 5) is 2.20. The van der Waals surface area contributed by atoms with Gasteiger partial charge in [-0.3, -0.25) is 5.41 Å². The average molecular weight is 371 g/mol. The monoisotopic (exact) mass is 370 g/mol. The van der Waals surface area contributed by atoms with Gasteiger partial charge in [-0.05, 0) is 63.7 Å². The van der Waals surface area contributed by atoms with Crippen molar-refractivity contribution < 1.29 is 4.74 Å². The SMILES string of the molecule is CCC1=CC(OCC(C)(C)CN(C)C)=C(Nc2ccc(C(=N)N)cc2)CC1. The second-order valence-corrected chi connectivity index (χ2v) is 8.31. The van der Waals surface area contributed by atoms with Crippen LogP contribution in [0.5, 0.6) is 0 Å². The van der Waals surface area contributed by atoms with Crippen molar-refractivity contribution in [3.8, 4) is 0 Å². The molecule has 0 saturated heterocycles. The highest BCUT2D eigenvalue weighted by Gasteiger charge is 2.22. The number of benzene rings is 1. The number of nitrogen functional groups attached to an aromatic ring is 1. The number of anilines is 1. The van der Waals surface area contributed by atoms with E-state index in [4.69, 9.17) is 15.9 Å². The van der Waals surface area contributed by atoms with E-state index in [0.717, 1.165) is 48.5 Å². The minimum atomic E-state index is 0.0718. The zero-order valence-corrected chi connectivity index (χ0v) is 17.4. The van der Waals surface area contributed by atoms with E-state index in [-0.39, 0.29) is 11.3 Å². The molecular formula is C22H34N4O. The number of amidine groups is 1. The van der Waals surface area contributed by atoms with Crippen molar-refractivity contribution in [2.45, 2.75) is 40.0 Å². The Morgan fingerprint density at radius 3 is 2.44 bits per heavy atom. The maximum absolute atomic E-state index is 7.51. The maximum atomic E-state index is 7.51. The molecule has 0 aromatic heterocycles. The van der Waals surface area contributed by atoms with Gasteiger partial charge < -0.3 is 20.7 Å². The lowest BCUT2D eigenvalue weighted by Crippen LogP contribution is -2.32. The Hall–Kier alpha value is -2.27. The number of nitrogens with two attached hydrogens (primary N) is 1. The van der Waals surface area contributed by atoms with Gasteiger partial charge in [-0.15, -0.1) is 0 Å². The van der Waals surface area contributed by atoms with Crippen LogP contribution in [0.3, 0.4) is 0 Å². The summed E-state index contributed by atoms with van der Waals surface area (Å²) < 4.78 is 6.29. The van der Waals surface area contributed by atoms with E-state index in [9.17, 15) is 0 Å². The molecule has 0 spiro atoms. The quantitative estimate of drug-likeness (QED) is 0.447. The first kappa shape index (κ1) is 21.0. The summed E-state index contributed by atoms with van der Waals surface area (Å²) in [5, 5.41) is 11.0. The molecular weight excluding hydrogens is 336 g/mol. The Bertz CT molecular complexity index is 714. The van der Waals surface area contributed by atoms with Crippen LogP contribution in [0.2, 0.25) is 0 Å². The zero-order chi connectivity index (χ0) is 20.0. The van der Waals surface area contributed by atoms with Gasteiger partial charge in [-0.2, -0.15) is 0 Å². The van der Waals surface area contributed by atoms with Crippen LogP contribution in [-0.4, -0.2) is 38.0 Å². The number of allylic oxidation sites excluding steroid dienone is 3. The van der Waals surface area contributed by atoms with E-state index < -0.39 is 0 Å². The van der Waals surface area contributed by atoms with Gasteiger partial charge in [-0.1, -0.05) is 26.3 Å². The smallest absolute Gasteiger partial charge is 0.138 e. The Morgan fingerprint density at radius 2 is 1.89 bits per heavy atom. The summed E-state index contributed by atoms with van der Waals surface area (Å²) >= 11 is 0. The van der Waals surface area contributed by atoms with E-state index in [1.165, 1.54) is 5.57 Å². The lowest BCUT2D eigenvalue weighted by Gasteiger charge is -2.30. The molecule has 2 rings (SSSR count). The largest absolute Gasteiger partial charge is 0.491 e. The van der Waals surface area contributed by atoms with Gasteiger partial charge in [0, 0.05) is 23.2 Å². The molecule has 0 heterocycles. The third kappa shape index (κ3) is 6.43. The maximum Gasteiger partial charge on any atom is 0.138 e. The number of nitrogens with zero attached hydrogens (tertiary/aromatic N) is 1. The van der Waals surface area contributed by atoms with E-state index in [1.54, 1.807) is 0 Å². The molecule has 1 aliphatic carbocycles. The molecule has 5 nitrogen and oxygen atoms in total. The summed E-state index contributed by atoms with van der Waals surface area (Å²) in [6.45, 7) is 8.30. The number of hydrogen-bond donors (Lipinski definition) is 3. The fourth-order valence-corrected chi connectivity index (χ4v) is 3.37. The normalized spacial score (nSPS) is 15.0. The van der Waals surface area contributed by atoms with Gasteiger partial charge in [-0.25, -0.2) is 0 Å². The molecule has 0 atom stereocenters. The predicted octanol–water partition coefficient (Wildman–Crippen LogP) is 4.33. The molecule has 4 N–H and O–H groups in total. The van der Waals surface area contributed by atoms with Crippen molar-refractivity contribution >= 4 is 11.5 Å². The predicted molar refractivity (Wildman–Crippen MR) is 114 cm³/mol. The molecule has 0 saturated carbocycles. The van der Waals surface area contributed by atoms with Crippen LogP contribution in [0.1, 0.15) is 45.6 Å². The summed E-state index contributed by atoms with van der Waals surface area (Å²) in [5.74, 6) is 1.03. The number of rotatable bonds is 9. The molecule has 148 valence electrons. The van der Waals surface area contributed by atoms with Crippen LogP contribution in [0, 0.1) is 10.8 Å². The molecule has 5 heteroatoms. The van der Waals surface area contributed by atoms with Gasteiger partial charge in [0.25, 0.3) is 0 Å². The molecule has 0 fully saturated rings. The molecule has 0 radical (unpaired) electrons. The number of hydrogen-bond acceptors (Lipinski definition) is 4. The van der Waals surface area contributed by atoms with Crippen LogP contribution >= 0.6 is 0 Å². The molecule has 0 unspecified atom stereocenters. The van der Waals surface area contributed by atoms with Crippen molar-refractivity contribution in [1.29, 1.82) is 5.41 Å². The molecule has 0 amide bonds. The topological polar surface area (TPSA) is 74.4 Å². The summed E-state index contributed by atoms with van der Waals surface area (Å²) in [5.41, 5.74) is 9.86. The van der Waals surface area contributed by atoms with E-state index in [2.05, 4.69) is 51.2 Å². The van der Waals surface area contributed by atoms with Crippen molar-refractivity contribution in [2.75, 3.05) is 32.6 Å². The Balaban J connectivity index is 2.17. The lowest BCUT2D eigenvalue weighted by atomic mass is 9.94. The van der Waals surface area contributed by atoms with Gasteiger partial charge in [0.1, 0.15) is 11.6 Å². The molecule has 1 aliphatic rings. The minimum absolute atomic E-state index is 0.0718. The van der Waals surface area contributed by atoms with Crippen LogP contribution in [-0.2, 0) is 4.74 Å². The minimum Gasteiger partial charge on any atom is -0.491 e. The zero-order valence-electron chi connectivity index (χ0n) is 17.4. The van der Waals surface area contributed by atoms with Crippen LogP contribution in [0.15, 0.2) is 47.4 Å². The molecule has 0 bridgehead atoms. The molecule has 1 aromatic carbocycles. The third-order valence-electron chi connectivity index (χ3n) is 4.64. The standard InChI is InChI=1S/C22H34N4O/c1-6-16-7-12-19(25-18-10-8-17(9-11-18)21(23)24)20(13-16)27-15-22(2,3)14-26(4)5/h8-11,13,25H,6-7,12,14-15H2,1-5H3,(H3,23,24). The second kappa shape index (κ2) is 9.09. The highest BCUT2D eigenvalue weighted by Crippen LogP contribution is 2.29. The third-order valence-corrected chi connectivity index (χ3v) is 4.64. The van der Waals surface area contributed by atoms with Gasteiger partial charge in [0.05, 0.1) is 12.3 Å². The Kier molecular flexibility index (Phi) is 7.08. The highest BCUT2D eigenvalue weighted by atomic mass is 16.5. The highest BCUT2D eigenvalue weighted by molar-refractivity contribution is 5.95. The Labute approximate surface area is 163 Å². The lowest BCUT2D eigenvalue weighted by molar-refractivity contribution is 0.0956. The van der Waals surface area contributed by atoms with E-state index in [0.29, 0.717) is 6.61 Å². The fourth-order valence-electron chi connectivity index (χ4n) is 3.37. The molecule has 1 aromatic rings. The van der Waals surface area contributed by atoms with Crippen LogP contribution in [0.25, 0.3) is 0 Å². The van der Waals surface area contributed by atoms with E-state index in [1.807, 2.05) is 24.3 Å². The van der Waals surface area contributed by atoms with Crippen molar-refractivity contribution in [1.82, 2.24) is 4.90 Å². The second-order valence-electron chi connectivity index (χ2n) is 8.31. The molecule has 27 heavy (non-hydrogen) atoms. The fraction of sp³-hybridized carbons (Fsp3) is 0.500. The Morgan fingerprint density at radius 1 is 1.22 bits per heavy atom. The first-order valence-electron chi connectivity index (χ1n) is 9.62. The summed E-state index contributed by atoms with van der Waals surface area (Å²) in [7, 11) is 4.18. The summed E-state index contributed by atoms with van der Waals surface area (Å²) in [6, 6.07) is 7.64. The molecule has 0 aliphatic heterocycles. The summed E-state index contributed by atoms with van der Waals surface area (Å²) in [6.07, 6.45) is 5.24. The first-order valence-corrected chi connectivity index (χ1v) is 9.62. The van der Waals surface area contributed by atoms with Crippen molar-refractivity contribution in [3.05, 3.63) is 52.9 Å².